The van der Waals surface area contributed by atoms with Gasteiger partial charge in [0.15, 0.2) is 5.82 Å². The van der Waals surface area contributed by atoms with Gasteiger partial charge >= 0.3 is 5.97 Å². The number of carbonyl (C=O) groups is 1. The van der Waals surface area contributed by atoms with Gasteiger partial charge in [0, 0.05) is 12.1 Å². The van der Waals surface area contributed by atoms with Crippen molar-refractivity contribution in [1.82, 2.24) is 9.55 Å². The molecule has 1 heterocycles. The standard InChI is InChI=1S/C27H33N3O4/c1-26(2,3)34-23(31)18-30-22(20-12-9-13-21(16-20)27(4,5)33)17-29-24(25(30)32)28-15-14-19-10-7-6-8-11-19/h6-13,16-17,33H,14-15,18H2,1-5H3,(H,28,29). The van der Waals surface area contributed by atoms with E-state index in [-0.39, 0.29) is 12.4 Å². The first kappa shape index (κ1) is 25.2. The Morgan fingerprint density at radius 1 is 1.06 bits per heavy atom. The predicted molar refractivity (Wildman–Crippen MR) is 134 cm³/mol. The van der Waals surface area contributed by atoms with Crippen LogP contribution in [0.3, 0.4) is 0 Å². The lowest BCUT2D eigenvalue weighted by molar-refractivity contribution is -0.155. The number of nitrogens with zero attached hydrogens (tertiary/aromatic N) is 2. The van der Waals surface area contributed by atoms with Crippen LogP contribution in [0.25, 0.3) is 11.3 Å². The summed E-state index contributed by atoms with van der Waals surface area (Å²) in [5, 5.41) is 13.5. The minimum Gasteiger partial charge on any atom is -0.459 e. The van der Waals surface area contributed by atoms with Crippen molar-refractivity contribution >= 4 is 11.8 Å². The number of carbonyl (C=O) groups excluding carboxylic acids is 1. The first-order valence-corrected chi connectivity index (χ1v) is 11.4. The summed E-state index contributed by atoms with van der Waals surface area (Å²) in [4.78, 5) is 30.4. The molecule has 2 N–H and O–H groups in total. The van der Waals surface area contributed by atoms with Gasteiger partial charge in [-0.2, -0.15) is 0 Å². The average Bonchev–Trinajstić information content (AvgIpc) is 2.75. The van der Waals surface area contributed by atoms with Crippen LogP contribution in [0, 0.1) is 0 Å². The number of benzene rings is 2. The molecule has 0 unspecified atom stereocenters. The number of hydrogen-bond donors (Lipinski definition) is 2. The van der Waals surface area contributed by atoms with Crippen molar-refractivity contribution in [3.63, 3.8) is 0 Å². The zero-order chi connectivity index (χ0) is 24.9. The molecule has 0 aliphatic carbocycles. The molecule has 34 heavy (non-hydrogen) atoms. The van der Waals surface area contributed by atoms with E-state index in [1.807, 2.05) is 42.5 Å². The van der Waals surface area contributed by atoms with Gasteiger partial charge in [0.2, 0.25) is 0 Å². The number of ether oxygens (including phenoxy) is 1. The van der Waals surface area contributed by atoms with E-state index in [0.717, 1.165) is 12.0 Å². The van der Waals surface area contributed by atoms with Crippen LogP contribution in [0.5, 0.6) is 0 Å². The summed E-state index contributed by atoms with van der Waals surface area (Å²) in [6.45, 7) is 9.00. The third-order valence-corrected chi connectivity index (χ3v) is 5.18. The van der Waals surface area contributed by atoms with Crippen molar-refractivity contribution < 1.29 is 14.6 Å². The molecule has 0 bridgehead atoms. The summed E-state index contributed by atoms with van der Waals surface area (Å²) in [6.07, 6.45) is 2.30. The molecule has 0 atom stereocenters. The third kappa shape index (κ3) is 6.78. The van der Waals surface area contributed by atoms with E-state index in [4.69, 9.17) is 4.74 Å². The molecule has 0 aliphatic heterocycles. The molecule has 0 spiro atoms. The summed E-state index contributed by atoms with van der Waals surface area (Å²) in [7, 11) is 0. The van der Waals surface area contributed by atoms with Crippen LogP contribution in [0.2, 0.25) is 0 Å². The Labute approximate surface area is 200 Å². The minimum atomic E-state index is -1.06. The van der Waals surface area contributed by atoms with Gasteiger partial charge in [-0.15, -0.1) is 0 Å². The smallest absolute Gasteiger partial charge is 0.326 e. The number of aliphatic hydroxyl groups is 1. The molecule has 0 radical (unpaired) electrons. The first-order valence-electron chi connectivity index (χ1n) is 11.4. The van der Waals surface area contributed by atoms with Crippen LogP contribution < -0.4 is 10.9 Å². The molecule has 3 rings (SSSR count). The molecule has 0 saturated heterocycles. The van der Waals surface area contributed by atoms with E-state index in [9.17, 15) is 14.7 Å². The average molecular weight is 464 g/mol. The Hall–Kier alpha value is -3.45. The lowest BCUT2D eigenvalue weighted by Gasteiger charge is -2.22. The molecule has 0 amide bonds. The highest BCUT2D eigenvalue weighted by atomic mass is 16.6. The van der Waals surface area contributed by atoms with E-state index in [1.165, 1.54) is 4.57 Å². The van der Waals surface area contributed by atoms with E-state index in [2.05, 4.69) is 10.3 Å². The molecule has 2 aromatic carbocycles. The zero-order valence-electron chi connectivity index (χ0n) is 20.5. The highest BCUT2D eigenvalue weighted by Gasteiger charge is 2.21. The maximum atomic E-state index is 13.4. The second-order valence-corrected chi connectivity index (χ2v) is 9.77. The lowest BCUT2D eigenvalue weighted by atomic mass is 9.96. The topological polar surface area (TPSA) is 93.4 Å². The molecule has 7 nitrogen and oxygen atoms in total. The maximum absolute atomic E-state index is 13.4. The van der Waals surface area contributed by atoms with Gasteiger partial charge in [-0.1, -0.05) is 48.5 Å². The fourth-order valence-corrected chi connectivity index (χ4v) is 3.53. The van der Waals surface area contributed by atoms with Crippen LogP contribution in [0.4, 0.5) is 5.82 Å². The molecule has 0 fully saturated rings. The molecule has 0 saturated carbocycles. The fraction of sp³-hybridized carbons (Fsp3) is 0.370. The van der Waals surface area contributed by atoms with Gasteiger partial charge in [0.25, 0.3) is 5.56 Å². The van der Waals surface area contributed by atoms with E-state index >= 15 is 0 Å². The largest absolute Gasteiger partial charge is 0.459 e. The summed E-state index contributed by atoms with van der Waals surface area (Å²) in [5.74, 6) is -0.349. The normalized spacial score (nSPS) is 11.8. The molecule has 180 valence electrons. The van der Waals surface area contributed by atoms with Gasteiger partial charge in [-0.05, 0) is 58.2 Å². The number of nitrogens with one attached hydrogen (secondary N) is 1. The van der Waals surface area contributed by atoms with E-state index < -0.39 is 22.7 Å². The van der Waals surface area contributed by atoms with Crippen molar-refractivity contribution in [2.45, 2.75) is 58.8 Å². The van der Waals surface area contributed by atoms with E-state index in [0.29, 0.717) is 23.4 Å². The van der Waals surface area contributed by atoms with Gasteiger partial charge in [0.05, 0.1) is 17.5 Å². The SMILES string of the molecule is CC(C)(C)OC(=O)Cn1c(-c2cccc(C(C)(C)O)c2)cnc(NCCc2ccccc2)c1=O. The third-order valence-electron chi connectivity index (χ3n) is 5.18. The van der Waals surface area contributed by atoms with Crippen molar-refractivity contribution in [2.24, 2.45) is 0 Å². The number of anilines is 1. The Morgan fingerprint density at radius 2 is 1.76 bits per heavy atom. The van der Waals surface area contributed by atoms with Gasteiger partial charge in [-0.3, -0.25) is 14.2 Å². The van der Waals surface area contributed by atoms with Crippen LogP contribution in [-0.2, 0) is 28.1 Å². The highest BCUT2D eigenvalue weighted by molar-refractivity contribution is 5.71. The number of esters is 1. The van der Waals surface area contributed by atoms with Gasteiger partial charge < -0.3 is 15.2 Å². The monoisotopic (exact) mass is 463 g/mol. The maximum Gasteiger partial charge on any atom is 0.326 e. The number of aromatic nitrogens is 2. The quantitative estimate of drug-likeness (QED) is 0.488. The molecular formula is C27H33N3O4. The summed E-state index contributed by atoms with van der Waals surface area (Å²) in [6, 6.07) is 17.2. The second-order valence-electron chi connectivity index (χ2n) is 9.77. The minimum absolute atomic E-state index is 0.168. The molecular weight excluding hydrogens is 430 g/mol. The zero-order valence-corrected chi connectivity index (χ0v) is 20.5. The summed E-state index contributed by atoms with van der Waals surface area (Å²) >= 11 is 0. The Kier molecular flexibility index (Phi) is 7.57. The van der Waals surface area contributed by atoms with Crippen LogP contribution in [0.1, 0.15) is 45.7 Å². The summed E-state index contributed by atoms with van der Waals surface area (Å²) in [5.41, 5.74) is 0.823. The van der Waals surface area contributed by atoms with Crippen molar-refractivity contribution in [3.8, 4) is 11.3 Å². The van der Waals surface area contributed by atoms with Gasteiger partial charge in [-0.25, -0.2) is 4.98 Å². The van der Waals surface area contributed by atoms with Crippen molar-refractivity contribution in [2.75, 3.05) is 11.9 Å². The van der Waals surface area contributed by atoms with Crippen LogP contribution in [-0.4, -0.2) is 32.8 Å². The Morgan fingerprint density at radius 3 is 2.41 bits per heavy atom. The Bertz CT molecular complexity index is 1190. The number of hydrogen-bond acceptors (Lipinski definition) is 6. The number of rotatable bonds is 8. The van der Waals surface area contributed by atoms with Crippen molar-refractivity contribution in [3.05, 3.63) is 82.3 Å². The molecule has 0 aliphatic rings. The van der Waals surface area contributed by atoms with Gasteiger partial charge in [0.1, 0.15) is 12.1 Å². The van der Waals surface area contributed by atoms with Crippen molar-refractivity contribution in [1.29, 1.82) is 0 Å². The van der Waals surface area contributed by atoms with Crippen LogP contribution >= 0.6 is 0 Å². The first-order chi connectivity index (χ1) is 15.9. The molecule has 7 heteroatoms. The Balaban J connectivity index is 1.95. The van der Waals surface area contributed by atoms with Crippen LogP contribution in [0.15, 0.2) is 65.6 Å². The fourth-order valence-electron chi connectivity index (χ4n) is 3.53. The molecule has 3 aromatic rings. The highest BCUT2D eigenvalue weighted by Crippen LogP contribution is 2.26. The molecule has 1 aromatic heterocycles. The lowest BCUT2D eigenvalue weighted by Crippen LogP contribution is -2.33. The van der Waals surface area contributed by atoms with E-state index in [1.54, 1.807) is 52.9 Å². The second kappa shape index (κ2) is 10.2. The predicted octanol–water partition coefficient (Wildman–Crippen LogP) is 4.13. The summed E-state index contributed by atoms with van der Waals surface area (Å²) < 4.78 is 6.84.